The van der Waals surface area contributed by atoms with Crippen LogP contribution in [-0.4, -0.2) is 16.6 Å². The van der Waals surface area contributed by atoms with Gasteiger partial charge in [0.2, 0.25) is 0 Å². The molecule has 1 aromatic heterocycles. The fourth-order valence-electron chi connectivity index (χ4n) is 2.28. The van der Waals surface area contributed by atoms with Gasteiger partial charge in [-0.1, -0.05) is 0 Å². The number of anilines is 1. The molecule has 0 unspecified atom stereocenters. The van der Waals surface area contributed by atoms with E-state index in [0.29, 0.717) is 12.3 Å². The largest absolute Gasteiger partial charge is 0.494 e. The fourth-order valence-corrected chi connectivity index (χ4v) is 2.28. The molecule has 0 aliphatic heterocycles. The van der Waals surface area contributed by atoms with Crippen molar-refractivity contribution < 1.29 is 4.74 Å². The van der Waals surface area contributed by atoms with Gasteiger partial charge in [0.15, 0.2) is 0 Å². The summed E-state index contributed by atoms with van der Waals surface area (Å²) in [5.41, 5.74) is 11.6. The molecule has 0 saturated heterocycles. The Hall–Kier alpha value is -2.10. The van der Waals surface area contributed by atoms with Gasteiger partial charge in [-0.25, -0.2) is 9.97 Å². The standard InChI is InChI=1S/C16H21N3O/c1-6-20-14-8-9(2)13(7-10(14)3)16-15(17)11(4)18-12(5)19-16/h7-8H,6,17H2,1-5H3. The first-order valence-electron chi connectivity index (χ1n) is 6.79. The highest BCUT2D eigenvalue weighted by molar-refractivity contribution is 5.77. The lowest BCUT2D eigenvalue weighted by atomic mass is 10.00. The zero-order valence-corrected chi connectivity index (χ0v) is 12.7. The van der Waals surface area contributed by atoms with E-state index in [1.54, 1.807) is 0 Å². The lowest BCUT2D eigenvalue weighted by Crippen LogP contribution is -2.04. The number of rotatable bonds is 3. The van der Waals surface area contributed by atoms with Crippen LogP contribution in [0.4, 0.5) is 5.69 Å². The van der Waals surface area contributed by atoms with E-state index in [0.717, 1.165) is 39.7 Å². The maximum absolute atomic E-state index is 6.14. The van der Waals surface area contributed by atoms with Crippen LogP contribution in [0.5, 0.6) is 5.75 Å². The molecule has 0 fully saturated rings. The molecule has 0 aliphatic rings. The van der Waals surface area contributed by atoms with Crippen LogP contribution in [-0.2, 0) is 0 Å². The topological polar surface area (TPSA) is 61.0 Å². The summed E-state index contributed by atoms with van der Waals surface area (Å²) >= 11 is 0. The van der Waals surface area contributed by atoms with Crippen LogP contribution in [0.2, 0.25) is 0 Å². The molecule has 0 radical (unpaired) electrons. The zero-order chi connectivity index (χ0) is 14.9. The number of aromatic nitrogens is 2. The summed E-state index contributed by atoms with van der Waals surface area (Å²) in [5.74, 6) is 1.65. The monoisotopic (exact) mass is 271 g/mol. The SMILES string of the molecule is CCOc1cc(C)c(-c2nc(C)nc(C)c2N)cc1C. The predicted octanol–water partition coefficient (Wildman–Crippen LogP) is 3.36. The molecule has 0 saturated carbocycles. The normalized spacial score (nSPS) is 10.7. The van der Waals surface area contributed by atoms with E-state index in [2.05, 4.69) is 16.0 Å². The molecular formula is C16H21N3O. The van der Waals surface area contributed by atoms with E-state index >= 15 is 0 Å². The summed E-state index contributed by atoms with van der Waals surface area (Å²) in [5, 5.41) is 0. The van der Waals surface area contributed by atoms with Crippen LogP contribution in [0.1, 0.15) is 29.6 Å². The summed E-state index contributed by atoms with van der Waals surface area (Å²) in [6, 6.07) is 4.12. The quantitative estimate of drug-likeness (QED) is 0.929. The molecule has 1 heterocycles. The smallest absolute Gasteiger partial charge is 0.126 e. The van der Waals surface area contributed by atoms with E-state index in [1.165, 1.54) is 0 Å². The van der Waals surface area contributed by atoms with Gasteiger partial charge in [-0.15, -0.1) is 0 Å². The van der Waals surface area contributed by atoms with Crippen molar-refractivity contribution in [3.8, 4) is 17.0 Å². The number of hydrogen-bond donors (Lipinski definition) is 1. The van der Waals surface area contributed by atoms with E-state index in [1.807, 2.05) is 40.7 Å². The van der Waals surface area contributed by atoms with Crippen LogP contribution in [0.3, 0.4) is 0 Å². The van der Waals surface area contributed by atoms with Crippen molar-refractivity contribution >= 4 is 5.69 Å². The minimum Gasteiger partial charge on any atom is -0.494 e. The van der Waals surface area contributed by atoms with Gasteiger partial charge in [-0.2, -0.15) is 0 Å². The lowest BCUT2D eigenvalue weighted by Gasteiger charge is -2.14. The highest BCUT2D eigenvalue weighted by atomic mass is 16.5. The second kappa shape index (κ2) is 5.49. The molecule has 2 N–H and O–H groups in total. The molecule has 20 heavy (non-hydrogen) atoms. The minimum absolute atomic E-state index is 0.641. The first-order valence-corrected chi connectivity index (χ1v) is 6.79. The maximum atomic E-state index is 6.14. The van der Waals surface area contributed by atoms with Gasteiger partial charge in [-0.3, -0.25) is 0 Å². The van der Waals surface area contributed by atoms with Crippen molar-refractivity contribution in [3.05, 3.63) is 34.8 Å². The van der Waals surface area contributed by atoms with E-state index in [4.69, 9.17) is 10.5 Å². The Morgan fingerprint density at radius 3 is 2.40 bits per heavy atom. The van der Waals surface area contributed by atoms with Crippen LogP contribution >= 0.6 is 0 Å². The number of hydrogen-bond acceptors (Lipinski definition) is 4. The highest BCUT2D eigenvalue weighted by Crippen LogP contribution is 2.32. The van der Waals surface area contributed by atoms with E-state index in [9.17, 15) is 0 Å². The van der Waals surface area contributed by atoms with Crippen molar-refractivity contribution in [3.63, 3.8) is 0 Å². The molecule has 0 spiro atoms. The fraction of sp³-hybridized carbons (Fsp3) is 0.375. The molecule has 0 amide bonds. The predicted molar refractivity (Wildman–Crippen MR) is 82.0 cm³/mol. The Morgan fingerprint density at radius 1 is 1.05 bits per heavy atom. The number of aryl methyl sites for hydroxylation is 4. The first kappa shape index (κ1) is 14.3. The summed E-state index contributed by atoms with van der Waals surface area (Å²) in [6.07, 6.45) is 0. The van der Waals surface area contributed by atoms with Crippen LogP contribution in [0.15, 0.2) is 12.1 Å². The van der Waals surface area contributed by atoms with E-state index in [-0.39, 0.29) is 0 Å². The van der Waals surface area contributed by atoms with Gasteiger partial charge < -0.3 is 10.5 Å². The number of benzene rings is 1. The third kappa shape index (κ3) is 2.59. The molecule has 106 valence electrons. The van der Waals surface area contributed by atoms with Gasteiger partial charge >= 0.3 is 0 Å². The molecule has 0 bridgehead atoms. The molecule has 2 aromatic rings. The molecule has 0 aliphatic carbocycles. The van der Waals surface area contributed by atoms with Gasteiger partial charge in [0.1, 0.15) is 11.6 Å². The average Bonchev–Trinajstić information content (AvgIpc) is 2.38. The second-order valence-corrected chi connectivity index (χ2v) is 4.98. The summed E-state index contributed by atoms with van der Waals surface area (Å²) < 4.78 is 5.62. The number of nitrogens with two attached hydrogens (primary N) is 1. The summed E-state index contributed by atoms with van der Waals surface area (Å²) in [7, 11) is 0. The maximum Gasteiger partial charge on any atom is 0.126 e. The molecule has 1 aromatic carbocycles. The van der Waals surface area contributed by atoms with Crippen molar-refractivity contribution in [2.75, 3.05) is 12.3 Å². The lowest BCUT2D eigenvalue weighted by molar-refractivity contribution is 0.337. The summed E-state index contributed by atoms with van der Waals surface area (Å²) in [6.45, 7) is 10.5. The van der Waals surface area contributed by atoms with Crippen LogP contribution in [0, 0.1) is 27.7 Å². The molecule has 2 rings (SSSR count). The Kier molecular flexibility index (Phi) is 3.93. The minimum atomic E-state index is 0.641. The number of nitrogen functional groups attached to an aromatic ring is 1. The molecule has 4 nitrogen and oxygen atoms in total. The Balaban J connectivity index is 2.62. The first-order chi connectivity index (χ1) is 9.43. The van der Waals surface area contributed by atoms with Gasteiger partial charge in [-0.05, 0) is 57.9 Å². The summed E-state index contributed by atoms with van der Waals surface area (Å²) in [4.78, 5) is 8.80. The van der Waals surface area contributed by atoms with Gasteiger partial charge in [0.05, 0.1) is 23.7 Å². The molecule has 4 heteroatoms. The zero-order valence-electron chi connectivity index (χ0n) is 12.7. The van der Waals surface area contributed by atoms with Gasteiger partial charge in [0, 0.05) is 5.56 Å². The van der Waals surface area contributed by atoms with Crippen LogP contribution in [0.25, 0.3) is 11.3 Å². The number of nitrogens with zero attached hydrogens (tertiary/aromatic N) is 2. The molecule has 0 atom stereocenters. The van der Waals surface area contributed by atoms with E-state index < -0.39 is 0 Å². The van der Waals surface area contributed by atoms with Crippen LogP contribution < -0.4 is 10.5 Å². The molecular weight excluding hydrogens is 250 g/mol. The van der Waals surface area contributed by atoms with Crippen molar-refractivity contribution in [1.29, 1.82) is 0 Å². The van der Waals surface area contributed by atoms with Crippen molar-refractivity contribution in [2.45, 2.75) is 34.6 Å². The highest BCUT2D eigenvalue weighted by Gasteiger charge is 2.13. The second-order valence-electron chi connectivity index (χ2n) is 4.98. The Bertz CT molecular complexity index is 651. The Morgan fingerprint density at radius 2 is 1.75 bits per heavy atom. The Labute approximate surface area is 120 Å². The average molecular weight is 271 g/mol. The van der Waals surface area contributed by atoms with Crippen molar-refractivity contribution in [1.82, 2.24) is 9.97 Å². The third-order valence-electron chi connectivity index (χ3n) is 3.32. The third-order valence-corrected chi connectivity index (χ3v) is 3.32. The van der Waals surface area contributed by atoms with Gasteiger partial charge in [0.25, 0.3) is 0 Å². The number of ether oxygens (including phenoxy) is 1. The van der Waals surface area contributed by atoms with Crippen molar-refractivity contribution in [2.24, 2.45) is 0 Å².